The van der Waals surface area contributed by atoms with E-state index in [1.807, 2.05) is 11.8 Å². The minimum atomic E-state index is -3.81. The standard InChI is InChI=1S/C14H12F2N2O2S/c1-10-2-6-13(7-3-10)21(19,20)18-17-9-11-4-5-12(15)8-14(11)16/h2-9,18H,1H3. The van der Waals surface area contributed by atoms with Crippen LogP contribution in [0.15, 0.2) is 52.5 Å². The fraction of sp³-hybridized carbons (Fsp3) is 0.0714. The molecule has 2 aromatic rings. The van der Waals surface area contributed by atoms with Gasteiger partial charge in [-0.1, -0.05) is 17.7 Å². The van der Waals surface area contributed by atoms with Gasteiger partial charge in [0.05, 0.1) is 11.1 Å². The first-order valence-corrected chi connectivity index (χ1v) is 7.43. The molecule has 0 aliphatic heterocycles. The van der Waals surface area contributed by atoms with E-state index in [0.29, 0.717) is 6.07 Å². The molecule has 2 rings (SSSR count). The molecule has 0 aliphatic rings. The lowest BCUT2D eigenvalue weighted by molar-refractivity contribution is 0.580. The summed E-state index contributed by atoms with van der Waals surface area (Å²) in [5, 5.41) is 3.48. The summed E-state index contributed by atoms with van der Waals surface area (Å²) in [6.45, 7) is 1.83. The van der Waals surface area contributed by atoms with Gasteiger partial charge in [-0.3, -0.25) is 0 Å². The Morgan fingerprint density at radius 1 is 1.10 bits per heavy atom. The van der Waals surface area contributed by atoms with Crippen molar-refractivity contribution in [2.24, 2.45) is 5.10 Å². The van der Waals surface area contributed by atoms with E-state index in [2.05, 4.69) is 5.10 Å². The van der Waals surface area contributed by atoms with Crippen LogP contribution in [0.25, 0.3) is 0 Å². The van der Waals surface area contributed by atoms with Crippen LogP contribution < -0.4 is 4.83 Å². The number of rotatable bonds is 4. The second-order valence-electron chi connectivity index (χ2n) is 4.33. The molecule has 1 N–H and O–H groups in total. The van der Waals surface area contributed by atoms with Crippen LogP contribution in [-0.4, -0.2) is 14.6 Å². The molecule has 0 saturated carbocycles. The zero-order valence-corrected chi connectivity index (χ0v) is 11.9. The highest BCUT2D eigenvalue weighted by Crippen LogP contribution is 2.10. The summed E-state index contributed by atoms with van der Waals surface area (Å²) in [5.41, 5.74) is 0.897. The summed E-state index contributed by atoms with van der Waals surface area (Å²) in [7, 11) is -3.81. The van der Waals surface area contributed by atoms with Crippen LogP contribution in [0.3, 0.4) is 0 Å². The molecular weight excluding hydrogens is 298 g/mol. The molecule has 0 saturated heterocycles. The number of benzene rings is 2. The third-order valence-electron chi connectivity index (χ3n) is 2.67. The van der Waals surface area contributed by atoms with Crippen molar-refractivity contribution in [2.75, 3.05) is 0 Å². The van der Waals surface area contributed by atoms with Crippen molar-refractivity contribution in [3.63, 3.8) is 0 Å². The van der Waals surface area contributed by atoms with Gasteiger partial charge in [-0.15, -0.1) is 0 Å². The maximum absolute atomic E-state index is 13.3. The van der Waals surface area contributed by atoms with Gasteiger partial charge < -0.3 is 0 Å². The van der Waals surface area contributed by atoms with Crippen molar-refractivity contribution in [3.8, 4) is 0 Å². The van der Waals surface area contributed by atoms with Crippen LogP contribution in [0.1, 0.15) is 11.1 Å². The minimum absolute atomic E-state index is 0.0250. The average molecular weight is 310 g/mol. The molecule has 4 nitrogen and oxygen atoms in total. The van der Waals surface area contributed by atoms with Crippen molar-refractivity contribution < 1.29 is 17.2 Å². The Morgan fingerprint density at radius 2 is 1.76 bits per heavy atom. The highest BCUT2D eigenvalue weighted by molar-refractivity contribution is 7.89. The predicted molar refractivity (Wildman–Crippen MR) is 75.5 cm³/mol. The smallest absolute Gasteiger partial charge is 0.207 e. The van der Waals surface area contributed by atoms with E-state index in [-0.39, 0.29) is 10.5 Å². The van der Waals surface area contributed by atoms with Crippen LogP contribution in [-0.2, 0) is 10.0 Å². The first-order chi connectivity index (χ1) is 9.88. The third-order valence-corrected chi connectivity index (χ3v) is 3.91. The fourth-order valence-corrected chi connectivity index (χ4v) is 2.33. The molecule has 0 fully saturated rings. The van der Waals surface area contributed by atoms with E-state index in [9.17, 15) is 17.2 Å². The highest BCUT2D eigenvalue weighted by Gasteiger charge is 2.11. The van der Waals surface area contributed by atoms with Gasteiger partial charge in [0.2, 0.25) is 0 Å². The Morgan fingerprint density at radius 3 is 2.38 bits per heavy atom. The van der Waals surface area contributed by atoms with E-state index >= 15 is 0 Å². The lowest BCUT2D eigenvalue weighted by Crippen LogP contribution is -2.18. The molecule has 0 aromatic heterocycles. The molecule has 0 radical (unpaired) electrons. The van der Waals surface area contributed by atoms with Gasteiger partial charge in [0, 0.05) is 11.6 Å². The first-order valence-electron chi connectivity index (χ1n) is 5.95. The van der Waals surface area contributed by atoms with Gasteiger partial charge in [-0.05, 0) is 31.2 Å². The molecular formula is C14H12F2N2O2S. The van der Waals surface area contributed by atoms with Crippen molar-refractivity contribution >= 4 is 16.2 Å². The molecule has 0 spiro atoms. The van der Waals surface area contributed by atoms with Crippen molar-refractivity contribution in [1.82, 2.24) is 4.83 Å². The third kappa shape index (κ3) is 3.85. The molecule has 0 aliphatic carbocycles. The fourth-order valence-electron chi connectivity index (χ4n) is 1.54. The number of nitrogens with one attached hydrogen (secondary N) is 1. The average Bonchev–Trinajstić information content (AvgIpc) is 2.41. The SMILES string of the molecule is Cc1ccc(S(=O)(=O)NN=Cc2ccc(F)cc2F)cc1. The van der Waals surface area contributed by atoms with E-state index < -0.39 is 21.7 Å². The number of nitrogens with zero attached hydrogens (tertiary/aromatic N) is 1. The number of hydrogen-bond acceptors (Lipinski definition) is 3. The Bertz CT molecular complexity index is 772. The van der Waals surface area contributed by atoms with E-state index in [4.69, 9.17) is 0 Å². The molecule has 2 aromatic carbocycles. The van der Waals surface area contributed by atoms with Gasteiger partial charge in [0.1, 0.15) is 11.6 Å². The number of hydrogen-bond donors (Lipinski definition) is 1. The predicted octanol–water partition coefficient (Wildman–Crippen LogP) is 2.59. The molecule has 0 heterocycles. The first kappa shape index (κ1) is 15.1. The molecule has 0 bridgehead atoms. The molecule has 110 valence electrons. The zero-order valence-electron chi connectivity index (χ0n) is 11.0. The number of aryl methyl sites for hydroxylation is 1. The minimum Gasteiger partial charge on any atom is -0.207 e. The second kappa shape index (κ2) is 6.01. The summed E-state index contributed by atoms with van der Waals surface area (Å²) in [6.07, 6.45) is 0.973. The maximum Gasteiger partial charge on any atom is 0.276 e. The lowest BCUT2D eigenvalue weighted by Gasteiger charge is -2.03. The molecule has 21 heavy (non-hydrogen) atoms. The summed E-state index contributed by atoms with van der Waals surface area (Å²) in [5.74, 6) is -1.54. The quantitative estimate of drug-likeness (QED) is 0.697. The zero-order chi connectivity index (χ0) is 15.5. The van der Waals surface area contributed by atoms with Crippen molar-refractivity contribution in [2.45, 2.75) is 11.8 Å². The summed E-state index contributed by atoms with van der Waals surface area (Å²) in [4.78, 5) is 2.01. The Balaban J connectivity index is 2.14. The van der Waals surface area contributed by atoms with Crippen molar-refractivity contribution in [3.05, 3.63) is 65.2 Å². The maximum atomic E-state index is 13.3. The Kier molecular flexibility index (Phi) is 4.32. The molecule has 7 heteroatoms. The van der Waals surface area contributed by atoms with Gasteiger partial charge in [0.15, 0.2) is 0 Å². The topological polar surface area (TPSA) is 58.5 Å². The monoisotopic (exact) mass is 310 g/mol. The van der Waals surface area contributed by atoms with E-state index in [0.717, 1.165) is 23.9 Å². The number of sulfonamides is 1. The Hall–Kier alpha value is -2.28. The van der Waals surface area contributed by atoms with Gasteiger partial charge >= 0.3 is 0 Å². The van der Waals surface area contributed by atoms with Crippen LogP contribution in [0.5, 0.6) is 0 Å². The number of halogens is 2. The summed E-state index contributed by atoms with van der Waals surface area (Å²) < 4.78 is 49.8. The molecule has 0 atom stereocenters. The summed E-state index contributed by atoms with van der Waals surface area (Å²) in [6, 6.07) is 9.08. The van der Waals surface area contributed by atoms with Crippen LogP contribution in [0.4, 0.5) is 8.78 Å². The Labute approximate surface area is 121 Å². The largest absolute Gasteiger partial charge is 0.276 e. The van der Waals surface area contributed by atoms with E-state index in [1.165, 1.54) is 12.1 Å². The van der Waals surface area contributed by atoms with Gasteiger partial charge in [-0.25, -0.2) is 13.6 Å². The molecule has 0 unspecified atom stereocenters. The van der Waals surface area contributed by atoms with Crippen LogP contribution >= 0.6 is 0 Å². The normalized spacial score (nSPS) is 11.8. The van der Waals surface area contributed by atoms with E-state index in [1.54, 1.807) is 12.1 Å². The lowest BCUT2D eigenvalue weighted by atomic mass is 10.2. The second-order valence-corrected chi connectivity index (χ2v) is 5.99. The number of hydrazone groups is 1. The summed E-state index contributed by atoms with van der Waals surface area (Å²) >= 11 is 0. The molecule has 0 amide bonds. The van der Waals surface area contributed by atoms with Crippen molar-refractivity contribution in [1.29, 1.82) is 0 Å². The van der Waals surface area contributed by atoms with Crippen LogP contribution in [0.2, 0.25) is 0 Å². The highest BCUT2D eigenvalue weighted by atomic mass is 32.2. The van der Waals surface area contributed by atoms with Gasteiger partial charge in [-0.2, -0.15) is 13.5 Å². The van der Waals surface area contributed by atoms with Crippen LogP contribution in [0, 0.1) is 18.6 Å². The van der Waals surface area contributed by atoms with Gasteiger partial charge in [0.25, 0.3) is 10.0 Å².